The van der Waals surface area contributed by atoms with E-state index in [2.05, 4.69) is 62.8 Å². The summed E-state index contributed by atoms with van der Waals surface area (Å²) in [5.41, 5.74) is 8.66. The predicted molar refractivity (Wildman–Crippen MR) is 166 cm³/mol. The molecule has 0 radical (unpaired) electrons. The van der Waals surface area contributed by atoms with Crippen molar-refractivity contribution < 1.29 is 25.8 Å². The molecule has 7 rings (SSSR count). The second-order valence-corrected chi connectivity index (χ2v) is 10.4. The molecule has 3 aromatic heterocycles. The van der Waals surface area contributed by atoms with Crippen LogP contribution in [0.2, 0.25) is 0 Å². The molecule has 0 spiro atoms. The van der Waals surface area contributed by atoms with E-state index in [0.717, 1.165) is 61.1 Å². The van der Waals surface area contributed by atoms with Crippen LogP contribution in [0.4, 0.5) is 5.69 Å². The fourth-order valence-corrected chi connectivity index (χ4v) is 5.61. The first kappa shape index (κ1) is 28.2. The van der Waals surface area contributed by atoms with Gasteiger partial charge in [-0.25, -0.2) is 9.83 Å². The monoisotopic (exact) mass is 738 g/mol. The van der Waals surface area contributed by atoms with E-state index in [1.165, 1.54) is 0 Å². The molecule has 0 bridgehead atoms. The van der Waals surface area contributed by atoms with Gasteiger partial charge < -0.3 is 9.30 Å². The molecule has 210 valence electrons. The molecule has 4 aromatic carbocycles. The van der Waals surface area contributed by atoms with Crippen LogP contribution in [0.1, 0.15) is 16.7 Å². The smallest absolute Gasteiger partial charge is 0.509 e. The molecule has 6 nitrogen and oxygen atoms in total. The van der Waals surface area contributed by atoms with Gasteiger partial charge in [-0.3, -0.25) is 4.68 Å². The summed E-state index contributed by atoms with van der Waals surface area (Å²) in [5, 5.41) is 6.82. The van der Waals surface area contributed by atoms with Crippen LogP contribution in [0, 0.1) is 39.5 Å². The minimum atomic E-state index is 0. The molecule has 0 aliphatic rings. The first-order chi connectivity index (χ1) is 20.5. The Hall–Kier alpha value is -4.98. The Labute approximate surface area is 264 Å². The van der Waals surface area contributed by atoms with Crippen molar-refractivity contribution in [2.45, 2.75) is 20.8 Å². The van der Waals surface area contributed by atoms with Gasteiger partial charge in [-0.1, -0.05) is 47.0 Å². The van der Waals surface area contributed by atoms with E-state index in [4.69, 9.17) is 11.3 Å². The van der Waals surface area contributed by atoms with Crippen LogP contribution < -0.4 is 4.74 Å². The zero-order valence-electron chi connectivity index (χ0n) is 23.7. The van der Waals surface area contributed by atoms with Gasteiger partial charge >= 0.3 is 21.1 Å². The van der Waals surface area contributed by atoms with Gasteiger partial charge in [-0.05, 0) is 61.2 Å². The summed E-state index contributed by atoms with van der Waals surface area (Å²) in [5.74, 6) is 1.98. The maximum Gasteiger partial charge on any atom is 2.00 e. The third-order valence-electron chi connectivity index (χ3n) is 7.42. The quantitative estimate of drug-likeness (QED) is 0.166. The van der Waals surface area contributed by atoms with Crippen LogP contribution in [-0.4, -0.2) is 19.3 Å². The van der Waals surface area contributed by atoms with Gasteiger partial charge in [-0.15, -0.1) is 35.7 Å². The van der Waals surface area contributed by atoms with Crippen LogP contribution in [0.5, 0.6) is 11.5 Å². The molecule has 0 aliphatic heterocycles. The van der Waals surface area contributed by atoms with E-state index in [0.29, 0.717) is 17.2 Å². The second-order valence-electron chi connectivity index (χ2n) is 10.4. The summed E-state index contributed by atoms with van der Waals surface area (Å²) in [6.07, 6.45) is 5.65. The molecule has 0 N–H and O–H groups in total. The third kappa shape index (κ3) is 5.14. The minimum absolute atomic E-state index is 0. The topological polar surface area (TPSA) is 49.2 Å². The van der Waals surface area contributed by atoms with Crippen molar-refractivity contribution in [3.63, 3.8) is 0 Å². The molecule has 0 fully saturated rings. The molecule has 43 heavy (non-hydrogen) atoms. The molecule has 0 saturated heterocycles. The third-order valence-corrected chi connectivity index (χ3v) is 7.42. The molecule has 3 heterocycles. The zero-order valence-corrected chi connectivity index (χ0v) is 26.0. The molecule has 7 aromatic rings. The fourth-order valence-electron chi connectivity index (χ4n) is 5.61. The molecule has 0 saturated carbocycles. The summed E-state index contributed by atoms with van der Waals surface area (Å²) < 4.78 is 10.2. The van der Waals surface area contributed by atoms with Gasteiger partial charge in [0.15, 0.2) is 5.69 Å². The second kappa shape index (κ2) is 11.4. The van der Waals surface area contributed by atoms with Gasteiger partial charge in [0.2, 0.25) is 0 Å². The molecule has 0 amide bonds. The van der Waals surface area contributed by atoms with E-state index < -0.39 is 0 Å². The zero-order chi connectivity index (χ0) is 28.8. The molecule has 0 atom stereocenters. The molecule has 0 unspecified atom stereocenters. The Morgan fingerprint density at radius 3 is 2.42 bits per heavy atom. The Morgan fingerprint density at radius 2 is 1.63 bits per heavy atom. The normalized spacial score (nSPS) is 10.9. The Morgan fingerprint density at radius 1 is 0.837 bits per heavy atom. The summed E-state index contributed by atoms with van der Waals surface area (Å²) in [7, 11) is 0. The summed E-state index contributed by atoms with van der Waals surface area (Å²) in [6, 6.07) is 32.8. The van der Waals surface area contributed by atoms with Crippen molar-refractivity contribution in [1.29, 1.82) is 0 Å². The van der Waals surface area contributed by atoms with Crippen LogP contribution >= 0.6 is 0 Å². The average molecular weight is 739 g/mol. The first-order valence-electron chi connectivity index (χ1n) is 13.6. The number of ether oxygens (including phenoxy) is 1. The number of para-hydroxylation sites is 1. The number of aryl methyl sites for hydroxylation is 3. The molecular weight excluding hydrogens is 714 g/mol. The van der Waals surface area contributed by atoms with Crippen LogP contribution in [0.25, 0.3) is 49.3 Å². The van der Waals surface area contributed by atoms with E-state index in [1.54, 1.807) is 4.68 Å². The fraction of sp³-hybridized carbons (Fsp3) is 0.0833. The van der Waals surface area contributed by atoms with Crippen molar-refractivity contribution in [1.82, 2.24) is 19.3 Å². The van der Waals surface area contributed by atoms with Gasteiger partial charge in [-0.2, -0.15) is 17.2 Å². The van der Waals surface area contributed by atoms with Crippen molar-refractivity contribution in [2.75, 3.05) is 0 Å². The van der Waals surface area contributed by atoms with Crippen molar-refractivity contribution in [2.24, 2.45) is 0 Å². The van der Waals surface area contributed by atoms with E-state index in [1.807, 2.05) is 87.0 Å². The van der Waals surface area contributed by atoms with Gasteiger partial charge in [0.05, 0.1) is 12.8 Å². The number of rotatable bonds is 5. The number of aromatic nitrogens is 4. The Balaban J connectivity index is 0.00000329. The summed E-state index contributed by atoms with van der Waals surface area (Å²) in [6.45, 7) is 13.5. The minimum Gasteiger partial charge on any atom is -0.509 e. The SMILES string of the molecule is [C-]#[N+]c1cc(C)c(-c2cnn(-c3[c-]c(Oc4[c-]c5c(cc4)c4ccccc4n5-c4cc(C)ccn4)ccc3)c2)c(C)c1.[Pt+2]. The van der Waals surface area contributed by atoms with Crippen LogP contribution in [-0.2, 0) is 21.1 Å². The van der Waals surface area contributed by atoms with Crippen molar-refractivity contribution in [3.05, 3.63) is 138 Å². The van der Waals surface area contributed by atoms with Crippen LogP contribution in [0.3, 0.4) is 0 Å². The molecule has 0 aliphatic carbocycles. The summed E-state index contributed by atoms with van der Waals surface area (Å²) in [4.78, 5) is 8.24. The maximum absolute atomic E-state index is 7.34. The van der Waals surface area contributed by atoms with Gasteiger partial charge in [0.1, 0.15) is 5.82 Å². The van der Waals surface area contributed by atoms with Gasteiger partial charge in [0, 0.05) is 35.0 Å². The van der Waals surface area contributed by atoms with E-state index >= 15 is 0 Å². The number of hydrogen-bond acceptors (Lipinski definition) is 3. The number of benzene rings is 4. The maximum atomic E-state index is 7.34. The largest absolute Gasteiger partial charge is 2.00 e. The number of hydrogen-bond donors (Lipinski definition) is 0. The Bertz CT molecular complexity index is 2160. The summed E-state index contributed by atoms with van der Waals surface area (Å²) >= 11 is 0. The van der Waals surface area contributed by atoms with Crippen molar-refractivity contribution in [3.8, 4) is 34.1 Å². The van der Waals surface area contributed by atoms with E-state index in [9.17, 15) is 0 Å². The standard InChI is InChI=1S/C36H25N5O.Pt/c1-23-14-15-38-35(16-23)41-33-11-6-5-10-31(33)32-13-12-30(20-34(32)41)42-29-9-7-8-28(19-29)40-22-26(21-39-40)36-24(2)17-27(37-4)18-25(36)3;/h5-18,21-22H,1-3H3;/q-2;+2. The Kier molecular flexibility index (Phi) is 7.44. The van der Waals surface area contributed by atoms with Crippen LogP contribution in [0.15, 0.2) is 97.5 Å². The van der Waals surface area contributed by atoms with Crippen molar-refractivity contribution >= 4 is 27.5 Å². The average Bonchev–Trinajstić information content (AvgIpc) is 3.60. The molecular formula is C36H25N5OPt. The molecule has 7 heteroatoms. The number of fused-ring (bicyclic) bond motifs is 3. The first-order valence-corrected chi connectivity index (χ1v) is 13.6. The van der Waals surface area contributed by atoms with Gasteiger partial charge in [0.25, 0.3) is 0 Å². The predicted octanol–water partition coefficient (Wildman–Crippen LogP) is 8.90. The number of nitrogens with zero attached hydrogens (tertiary/aromatic N) is 5. The number of pyridine rings is 1. The van der Waals surface area contributed by atoms with E-state index in [-0.39, 0.29) is 21.1 Å².